The largest absolute Gasteiger partial charge is 0.326 e. The maximum Gasteiger partial charge on any atom is 0.150 e. The average Bonchev–Trinajstić information content (AvgIpc) is 2.81. The van der Waals surface area contributed by atoms with Gasteiger partial charge in [0.1, 0.15) is 10.2 Å². The van der Waals surface area contributed by atoms with Crippen LogP contribution < -0.4 is 5.73 Å². The van der Waals surface area contributed by atoms with Gasteiger partial charge in [0.25, 0.3) is 0 Å². The standard InChI is InChI=1S/C11H11FN2S2/c12-10-2-1-8(6-13)5-9(10)7-16-11-14-3-4-15-11/h1-5H,6-7,13H2. The smallest absolute Gasteiger partial charge is 0.150 e. The monoisotopic (exact) mass is 254 g/mol. The maximum atomic E-state index is 13.5. The minimum atomic E-state index is -0.179. The number of hydrogen-bond acceptors (Lipinski definition) is 4. The van der Waals surface area contributed by atoms with Crippen LogP contribution >= 0.6 is 23.1 Å². The molecule has 2 aromatic rings. The molecule has 2 N–H and O–H groups in total. The molecule has 0 amide bonds. The van der Waals surface area contributed by atoms with Crippen LogP contribution in [-0.4, -0.2) is 4.98 Å². The molecular formula is C11H11FN2S2. The fraction of sp³-hybridized carbons (Fsp3) is 0.182. The van der Waals surface area contributed by atoms with Gasteiger partial charge in [-0.15, -0.1) is 11.3 Å². The van der Waals surface area contributed by atoms with Gasteiger partial charge >= 0.3 is 0 Å². The van der Waals surface area contributed by atoms with Gasteiger partial charge in [0.05, 0.1) is 0 Å². The van der Waals surface area contributed by atoms with Crippen LogP contribution in [0.4, 0.5) is 4.39 Å². The van der Waals surface area contributed by atoms with Gasteiger partial charge in [0.2, 0.25) is 0 Å². The van der Waals surface area contributed by atoms with Crippen LogP contribution in [0.25, 0.3) is 0 Å². The summed E-state index contributed by atoms with van der Waals surface area (Å²) in [6.45, 7) is 0.440. The third-order valence-corrected chi connectivity index (χ3v) is 4.12. The maximum absolute atomic E-state index is 13.5. The second kappa shape index (κ2) is 5.43. The molecule has 84 valence electrons. The number of thioether (sulfide) groups is 1. The fourth-order valence-electron chi connectivity index (χ4n) is 1.29. The topological polar surface area (TPSA) is 38.9 Å². The van der Waals surface area contributed by atoms with E-state index in [9.17, 15) is 4.39 Å². The first-order chi connectivity index (χ1) is 7.79. The minimum absolute atomic E-state index is 0.179. The van der Waals surface area contributed by atoms with Crippen molar-refractivity contribution in [3.05, 3.63) is 46.7 Å². The fourth-order valence-corrected chi connectivity index (χ4v) is 2.90. The second-order valence-electron chi connectivity index (χ2n) is 3.22. The molecular weight excluding hydrogens is 243 g/mol. The minimum Gasteiger partial charge on any atom is -0.326 e. The van der Waals surface area contributed by atoms with Crippen molar-refractivity contribution in [2.75, 3.05) is 0 Å². The molecule has 1 aromatic carbocycles. The lowest BCUT2D eigenvalue weighted by atomic mass is 10.1. The van der Waals surface area contributed by atoms with Crippen LogP contribution in [0.3, 0.4) is 0 Å². The number of benzene rings is 1. The van der Waals surface area contributed by atoms with E-state index in [0.717, 1.165) is 9.90 Å². The van der Waals surface area contributed by atoms with Crippen molar-refractivity contribution in [1.82, 2.24) is 4.98 Å². The van der Waals surface area contributed by atoms with Crippen molar-refractivity contribution in [2.45, 2.75) is 16.6 Å². The molecule has 2 nitrogen and oxygen atoms in total. The van der Waals surface area contributed by atoms with Crippen LogP contribution in [-0.2, 0) is 12.3 Å². The molecule has 1 heterocycles. The van der Waals surface area contributed by atoms with Gasteiger partial charge in [-0.2, -0.15) is 0 Å². The first-order valence-corrected chi connectivity index (χ1v) is 6.66. The molecule has 16 heavy (non-hydrogen) atoms. The summed E-state index contributed by atoms with van der Waals surface area (Å²) in [5.74, 6) is 0.411. The van der Waals surface area contributed by atoms with Crippen molar-refractivity contribution in [1.29, 1.82) is 0 Å². The van der Waals surface area contributed by atoms with Crippen molar-refractivity contribution >= 4 is 23.1 Å². The summed E-state index contributed by atoms with van der Waals surface area (Å²) in [5, 5.41) is 1.91. The quantitative estimate of drug-likeness (QED) is 0.852. The number of hydrogen-bond donors (Lipinski definition) is 1. The summed E-state index contributed by atoms with van der Waals surface area (Å²) < 4.78 is 14.4. The molecule has 0 aliphatic rings. The lowest BCUT2D eigenvalue weighted by Gasteiger charge is -2.04. The molecule has 0 saturated carbocycles. The van der Waals surface area contributed by atoms with Crippen molar-refractivity contribution in [3.8, 4) is 0 Å². The highest BCUT2D eigenvalue weighted by atomic mass is 32.2. The molecule has 0 radical (unpaired) electrons. The molecule has 0 aliphatic heterocycles. The van der Waals surface area contributed by atoms with Gasteiger partial charge in [-0.3, -0.25) is 0 Å². The van der Waals surface area contributed by atoms with Gasteiger partial charge < -0.3 is 5.73 Å². The zero-order valence-corrected chi connectivity index (χ0v) is 10.2. The lowest BCUT2D eigenvalue weighted by Crippen LogP contribution is -1.98. The van der Waals surface area contributed by atoms with Crippen LogP contribution in [0, 0.1) is 5.82 Å². The second-order valence-corrected chi connectivity index (χ2v) is 5.33. The Balaban J connectivity index is 2.08. The number of rotatable bonds is 4. The highest BCUT2D eigenvalue weighted by Gasteiger charge is 2.05. The molecule has 0 spiro atoms. The van der Waals surface area contributed by atoms with Crippen molar-refractivity contribution in [3.63, 3.8) is 0 Å². The number of nitrogens with zero attached hydrogens (tertiary/aromatic N) is 1. The number of thiazole rings is 1. The molecule has 5 heteroatoms. The van der Waals surface area contributed by atoms with Gasteiger partial charge in [-0.25, -0.2) is 9.37 Å². The molecule has 1 aromatic heterocycles. The Morgan fingerprint density at radius 1 is 1.44 bits per heavy atom. The third kappa shape index (κ3) is 2.81. The lowest BCUT2D eigenvalue weighted by molar-refractivity contribution is 0.616. The summed E-state index contributed by atoms with van der Waals surface area (Å²) in [7, 11) is 0. The van der Waals surface area contributed by atoms with E-state index in [4.69, 9.17) is 5.73 Å². The highest BCUT2D eigenvalue weighted by molar-refractivity contribution is 8.00. The average molecular weight is 254 g/mol. The Morgan fingerprint density at radius 2 is 2.31 bits per heavy atom. The molecule has 2 rings (SSSR count). The third-order valence-electron chi connectivity index (χ3n) is 2.11. The Bertz CT molecular complexity index is 457. The Morgan fingerprint density at radius 3 is 3.00 bits per heavy atom. The van der Waals surface area contributed by atoms with Crippen LogP contribution in [0.5, 0.6) is 0 Å². The zero-order valence-electron chi connectivity index (χ0n) is 8.52. The normalized spacial score (nSPS) is 10.6. The summed E-state index contributed by atoms with van der Waals surface area (Å²) in [6, 6.07) is 5.00. The summed E-state index contributed by atoms with van der Waals surface area (Å²) >= 11 is 3.10. The molecule has 0 bridgehead atoms. The molecule has 0 aliphatic carbocycles. The van der Waals surface area contributed by atoms with Crippen molar-refractivity contribution in [2.24, 2.45) is 5.73 Å². The van der Waals surface area contributed by atoms with Crippen molar-refractivity contribution < 1.29 is 4.39 Å². The van der Waals surface area contributed by atoms with Gasteiger partial charge in [-0.05, 0) is 17.2 Å². The highest BCUT2D eigenvalue weighted by Crippen LogP contribution is 2.26. The van der Waals surface area contributed by atoms with Crippen LogP contribution in [0.2, 0.25) is 0 Å². The number of aromatic nitrogens is 1. The summed E-state index contributed by atoms with van der Waals surface area (Å²) in [4.78, 5) is 4.14. The number of halogens is 1. The summed E-state index contributed by atoms with van der Waals surface area (Å²) in [6.07, 6.45) is 1.75. The SMILES string of the molecule is NCc1ccc(F)c(CSc2nccs2)c1. The zero-order chi connectivity index (χ0) is 11.4. The van der Waals surface area contributed by atoms with E-state index in [0.29, 0.717) is 17.9 Å². The predicted octanol–water partition coefficient (Wildman–Crippen LogP) is 3.03. The van der Waals surface area contributed by atoms with E-state index < -0.39 is 0 Å². The first-order valence-electron chi connectivity index (χ1n) is 4.79. The molecule has 0 fully saturated rings. The first kappa shape index (κ1) is 11.6. The van der Waals surface area contributed by atoms with E-state index in [1.165, 1.54) is 6.07 Å². The van der Waals surface area contributed by atoms with Gasteiger partial charge in [0, 0.05) is 23.9 Å². The Labute approximate surface area is 102 Å². The van der Waals surface area contributed by atoms with Gasteiger partial charge in [-0.1, -0.05) is 23.9 Å². The summed E-state index contributed by atoms with van der Waals surface area (Å²) in [5.41, 5.74) is 7.16. The van der Waals surface area contributed by atoms with Crippen LogP contribution in [0.15, 0.2) is 34.1 Å². The Hall–Kier alpha value is -0.910. The molecule has 0 atom stereocenters. The predicted molar refractivity (Wildman–Crippen MR) is 66.0 cm³/mol. The van der Waals surface area contributed by atoms with Crippen LogP contribution in [0.1, 0.15) is 11.1 Å². The van der Waals surface area contributed by atoms with E-state index in [-0.39, 0.29) is 5.82 Å². The van der Waals surface area contributed by atoms with E-state index in [1.807, 2.05) is 11.4 Å². The van der Waals surface area contributed by atoms with E-state index >= 15 is 0 Å². The van der Waals surface area contributed by atoms with Gasteiger partial charge in [0.15, 0.2) is 0 Å². The molecule has 0 saturated heterocycles. The molecule has 0 unspecified atom stereocenters. The Kier molecular flexibility index (Phi) is 3.93. The van der Waals surface area contributed by atoms with E-state index in [2.05, 4.69) is 4.98 Å². The number of nitrogens with two attached hydrogens (primary N) is 1. The van der Waals surface area contributed by atoms with E-state index in [1.54, 1.807) is 35.4 Å².